The Morgan fingerprint density at radius 3 is 3.07 bits per heavy atom. The van der Waals surface area contributed by atoms with Crippen LogP contribution in [0.15, 0.2) is 16.7 Å². The van der Waals surface area contributed by atoms with E-state index in [4.69, 9.17) is 10.00 Å². The van der Waals surface area contributed by atoms with Crippen LogP contribution in [0, 0.1) is 11.3 Å². The molecule has 1 N–H and O–H groups in total. The lowest BCUT2D eigenvalue weighted by molar-refractivity contribution is 0.177. The zero-order valence-electron chi connectivity index (χ0n) is 7.57. The van der Waals surface area contributed by atoms with Crippen LogP contribution in [0.2, 0.25) is 0 Å². The lowest BCUT2D eigenvalue weighted by atomic mass is 10.1. The summed E-state index contributed by atoms with van der Waals surface area (Å²) in [6, 6.07) is 3.58. The molecule has 4 nitrogen and oxygen atoms in total. The number of hydrogen-bond donors (Lipinski definition) is 1. The van der Waals surface area contributed by atoms with Crippen LogP contribution in [0.25, 0.3) is 0 Å². The molecular weight excluding hydrogens is 248 g/mol. The quantitative estimate of drug-likeness (QED) is 0.896. The van der Waals surface area contributed by atoms with Gasteiger partial charge in [-0.25, -0.2) is 4.98 Å². The van der Waals surface area contributed by atoms with E-state index in [1.54, 1.807) is 12.3 Å². The van der Waals surface area contributed by atoms with Crippen molar-refractivity contribution in [1.29, 1.82) is 5.26 Å². The summed E-state index contributed by atoms with van der Waals surface area (Å²) in [4.78, 5) is 3.96. The zero-order valence-corrected chi connectivity index (χ0v) is 9.15. The molecule has 1 atom stereocenters. The van der Waals surface area contributed by atoms with E-state index in [-0.39, 0.29) is 6.42 Å². The molecule has 0 bridgehead atoms. The molecule has 0 saturated heterocycles. The lowest BCUT2D eigenvalue weighted by Gasteiger charge is -2.10. The number of hydrogen-bond acceptors (Lipinski definition) is 4. The van der Waals surface area contributed by atoms with Gasteiger partial charge in [0.05, 0.1) is 25.7 Å². The van der Waals surface area contributed by atoms with E-state index < -0.39 is 6.10 Å². The Kier molecular flexibility index (Phi) is 3.86. The third-order valence-corrected chi connectivity index (χ3v) is 2.12. The molecule has 5 heteroatoms. The Morgan fingerprint density at radius 1 is 1.79 bits per heavy atom. The van der Waals surface area contributed by atoms with Gasteiger partial charge in [-0.15, -0.1) is 0 Å². The van der Waals surface area contributed by atoms with Gasteiger partial charge >= 0.3 is 0 Å². The summed E-state index contributed by atoms with van der Waals surface area (Å²) >= 11 is 3.23. The topological polar surface area (TPSA) is 66.1 Å². The molecule has 1 aromatic heterocycles. The highest BCUT2D eigenvalue weighted by Crippen LogP contribution is 2.27. The highest BCUT2D eigenvalue weighted by atomic mass is 79.9. The molecule has 0 aliphatic heterocycles. The molecule has 0 radical (unpaired) electrons. The van der Waals surface area contributed by atoms with Crippen molar-refractivity contribution in [3.63, 3.8) is 0 Å². The number of nitriles is 1. The van der Waals surface area contributed by atoms with Crippen molar-refractivity contribution in [3.05, 3.63) is 22.3 Å². The average molecular weight is 257 g/mol. The van der Waals surface area contributed by atoms with Crippen LogP contribution >= 0.6 is 15.9 Å². The first-order valence-electron chi connectivity index (χ1n) is 3.93. The smallest absolute Gasteiger partial charge is 0.218 e. The van der Waals surface area contributed by atoms with Crippen LogP contribution in [0.4, 0.5) is 0 Å². The van der Waals surface area contributed by atoms with E-state index in [9.17, 15) is 5.11 Å². The van der Waals surface area contributed by atoms with Gasteiger partial charge in [0.1, 0.15) is 0 Å². The fourth-order valence-electron chi connectivity index (χ4n) is 1.05. The number of methoxy groups -OCH3 is 1. The molecule has 0 fully saturated rings. The predicted molar refractivity (Wildman–Crippen MR) is 53.7 cm³/mol. The van der Waals surface area contributed by atoms with E-state index in [0.29, 0.717) is 11.4 Å². The highest BCUT2D eigenvalue weighted by Gasteiger charge is 2.14. The van der Waals surface area contributed by atoms with Crippen molar-refractivity contribution in [2.24, 2.45) is 0 Å². The van der Waals surface area contributed by atoms with Crippen molar-refractivity contribution >= 4 is 15.9 Å². The van der Waals surface area contributed by atoms with Crippen molar-refractivity contribution in [1.82, 2.24) is 4.98 Å². The summed E-state index contributed by atoms with van der Waals surface area (Å²) in [6.07, 6.45) is 0.732. The molecule has 1 unspecified atom stereocenters. The van der Waals surface area contributed by atoms with Gasteiger partial charge in [0.2, 0.25) is 5.88 Å². The van der Waals surface area contributed by atoms with Gasteiger partial charge in [-0.1, -0.05) is 0 Å². The Morgan fingerprint density at radius 2 is 2.50 bits per heavy atom. The third kappa shape index (κ3) is 2.44. The molecule has 0 saturated carbocycles. The van der Waals surface area contributed by atoms with Gasteiger partial charge < -0.3 is 9.84 Å². The van der Waals surface area contributed by atoms with Crippen molar-refractivity contribution in [3.8, 4) is 11.9 Å². The summed E-state index contributed by atoms with van der Waals surface area (Å²) in [5, 5.41) is 18.0. The van der Waals surface area contributed by atoms with Gasteiger partial charge in [0.15, 0.2) is 0 Å². The molecule has 0 aromatic carbocycles. The summed E-state index contributed by atoms with van der Waals surface area (Å²) in [6.45, 7) is 0. The molecule has 14 heavy (non-hydrogen) atoms. The van der Waals surface area contributed by atoms with Crippen LogP contribution in [0.3, 0.4) is 0 Å². The minimum absolute atomic E-state index is 0.0223. The van der Waals surface area contributed by atoms with Crippen LogP contribution < -0.4 is 4.74 Å². The Bertz CT molecular complexity index is 362. The maximum Gasteiger partial charge on any atom is 0.218 e. The highest BCUT2D eigenvalue weighted by molar-refractivity contribution is 9.10. The normalized spacial score (nSPS) is 11.9. The van der Waals surface area contributed by atoms with E-state index in [1.165, 1.54) is 7.11 Å². The van der Waals surface area contributed by atoms with Crippen LogP contribution in [0.5, 0.6) is 5.88 Å². The monoisotopic (exact) mass is 256 g/mol. The fraction of sp³-hybridized carbons (Fsp3) is 0.333. The SMILES string of the molecule is COc1ncc(Br)cc1C(O)CC#N. The Labute approximate surface area is 90.3 Å². The lowest BCUT2D eigenvalue weighted by Crippen LogP contribution is -2.01. The average Bonchev–Trinajstić information content (AvgIpc) is 2.18. The molecule has 0 aliphatic rings. The number of pyridine rings is 1. The maximum absolute atomic E-state index is 9.59. The fourth-order valence-corrected chi connectivity index (χ4v) is 1.40. The minimum atomic E-state index is -0.861. The number of aliphatic hydroxyl groups excluding tert-OH is 1. The second-order valence-corrected chi connectivity index (χ2v) is 3.55. The summed E-state index contributed by atoms with van der Waals surface area (Å²) in [7, 11) is 1.47. The number of ether oxygens (including phenoxy) is 1. The van der Waals surface area contributed by atoms with E-state index >= 15 is 0 Å². The zero-order chi connectivity index (χ0) is 10.6. The second kappa shape index (κ2) is 4.94. The number of aliphatic hydroxyl groups is 1. The minimum Gasteiger partial charge on any atom is -0.481 e. The summed E-state index contributed by atoms with van der Waals surface area (Å²) < 4.78 is 5.71. The summed E-state index contributed by atoms with van der Waals surface area (Å²) in [5.41, 5.74) is 0.517. The molecule has 1 aromatic rings. The molecular formula is C9H9BrN2O2. The van der Waals surface area contributed by atoms with E-state index in [1.807, 2.05) is 6.07 Å². The standard InChI is InChI=1S/C9H9BrN2O2/c1-14-9-7(8(13)2-3-11)4-6(10)5-12-9/h4-5,8,13H,2H2,1H3. The van der Waals surface area contributed by atoms with Crippen LogP contribution in [0.1, 0.15) is 18.1 Å². The first kappa shape index (κ1) is 11.0. The third-order valence-electron chi connectivity index (χ3n) is 1.68. The summed E-state index contributed by atoms with van der Waals surface area (Å²) in [5.74, 6) is 0.343. The Balaban J connectivity index is 3.04. The van der Waals surface area contributed by atoms with Crippen molar-refractivity contribution < 1.29 is 9.84 Å². The molecule has 0 spiro atoms. The van der Waals surface area contributed by atoms with Gasteiger partial charge in [-0.05, 0) is 22.0 Å². The van der Waals surface area contributed by atoms with Gasteiger partial charge in [0, 0.05) is 16.2 Å². The first-order valence-corrected chi connectivity index (χ1v) is 4.72. The molecule has 0 amide bonds. The van der Waals surface area contributed by atoms with Gasteiger partial charge in [-0.3, -0.25) is 0 Å². The van der Waals surface area contributed by atoms with E-state index in [0.717, 1.165) is 4.47 Å². The number of aromatic nitrogens is 1. The number of nitrogens with zero attached hydrogens (tertiary/aromatic N) is 2. The molecule has 1 rings (SSSR count). The van der Waals surface area contributed by atoms with Gasteiger partial charge in [-0.2, -0.15) is 5.26 Å². The van der Waals surface area contributed by atoms with Crippen LogP contribution in [-0.4, -0.2) is 17.2 Å². The van der Waals surface area contributed by atoms with Crippen molar-refractivity contribution in [2.75, 3.05) is 7.11 Å². The van der Waals surface area contributed by atoms with E-state index in [2.05, 4.69) is 20.9 Å². The Hall–Kier alpha value is -1.12. The second-order valence-electron chi connectivity index (χ2n) is 2.63. The molecule has 1 heterocycles. The number of halogens is 1. The van der Waals surface area contributed by atoms with Crippen LogP contribution in [-0.2, 0) is 0 Å². The maximum atomic E-state index is 9.59. The predicted octanol–water partition coefficient (Wildman–Crippen LogP) is 1.80. The van der Waals surface area contributed by atoms with Crippen molar-refractivity contribution in [2.45, 2.75) is 12.5 Å². The largest absolute Gasteiger partial charge is 0.481 e. The van der Waals surface area contributed by atoms with Gasteiger partial charge in [0.25, 0.3) is 0 Å². The molecule has 0 aliphatic carbocycles. The number of rotatable bonds is 3. The molecule has 74 valence electrons. The first-order chi connectivity index (χ1) is 6.69.